The smallest absolute Gasteiger partial charge is 0.313 e. The highest BCUT2D eigenvalue weighted by Gasteiger charge is 2.50. The van der Waals surface area contributed by atoms with Gasteiger partial charge in [-0.25, -0.2) is 8.78 Å². The van der Waals surface area contributed by atoms with Crippen LogP contribution < -0.4 is 5.32 Å². The molecule has 1 aliphatic carbocycles. The van der Waals surface area contributed by atoms with Crippen molar-refractivity contribution in [2.45, 2.75) is 19.4 Å². The zero-order chi connectivity index (χ0) is 13.2. The van der Waals surface area contributed by atoms with Crippen molar-refractivity contribution in [1.82, 2.24) is 5.32 Å². The maximum atomic E-state index is 13.3. The molecule has 0 bridgehead atoms. The predicted octanol–water partition coefficient (Wildman–Crippen LogP) is 2.01. The summed E-state index contributed by atoms with van der Waals surface area (Å²) in [7, 11) is 1.36. The number of carbonyl (C=O) groups is 1. The Balaban J connectivity index is 1.87. The molecule has 0 radical (unpaired) electrons. The lowest BCUT2D eigenvalue weighted by molar-refractivity contribution is -0.146. The van der Waals surface area contributed by atoms with Gasteiger partial charge in [-0.05, 0) is 18.9 Å². The van der Waals surface area contributed by atoms with Gasteiger partial charge in [0.1, 0.15) is 11.6 Å². The van der Waals surface area contributed by atoms with E-state index in [1.165, 1.54) is 19.2 Å². The Hall–Kier alpha value is -1.49. The lowest BCUT2D eigenvalue weighted by Gasteiger charge is -2.13. The average Bonchev–Trinajstić information content (AvgIpc) is 3.12. The summed E-state index contributed by atoms with van der Waals surface area (Å²) in [6.45, 7) is 0.724. The lowest BCUT2D eigenvalue weighted by Crippen LogP contribution is -2.30. The van der Waals surface area contributed by atoms with Crippen LogP contribution in [0.2, 0.25) is 0 Å². The Morgan fingerprint density at radius 2 is 2.17 bits per heavy atom. The van der Waals surface area contributed by atoms with E-state index >= 15 is 0 Å². The first-order chi connectivity index (χ1) is 8.57. The van der Waals surface area contributed by atoms with Crippen LogP contribution in [0.15, 0.2) is 18.2 Å². The van der Waals surface area contributed by atoms with E-state index in [0.717, 1.165) is 18.9 Å². The third-order valence-electron chi connectivity index (χ3n) is 3.27. The van der Waals surface area contributed by atoms with Gasteiger partial charge in [0.2, 0.25) is 0 Å². The summed E-state index contributed by atoms with van der Waals surface area (Å²) < 4.78 is 30.8. The highest BCUT2D eigenvalue weighted by atomic mass is 19.1. The van der Waals surface area contributed by atoms with Gasteiger partial charge in [-0.15, -0.1) is 0 Å². The van der Waals surface area contributed by atoms with Gasteiger partial charge in [0.15, 0.2) is 0 Å². The zero-order valence-electron chi connectivity index (χ0n) is 10.1. The summed E-state index contributed by atoms with van der Waals surface area (Å²) in [6, 6.07) is 3.47. The van der Waals surface area contributed by atoms with Crippen LogP contribution in [0, 0.1) is 17.0 Å². The van der Waals surface area contributed by atoms with Crippen molar-refractivity contribution >= 4 is 5.97 Å². The van der Waals surface area contributed by atoms with Crippen LogP contribution in [0.1, 0.15) is 18.4 Å². The summed E-state index contributed by atoms with van der Waals surface area (Å²) >= 11 is 0. The van der Waals surface area contributed by atoms with Crippen molar-refractivity contribution in [1.29, 1.82) is 0 Å². The van der Waals surface area contributed by atoms with Crippen LogP contribution in [0.5, 0.6) is 0 Å². The number of carbonyl (C=O) groups excluding carboxylic acids is 1. The van der Waals surface area contributed by atoms with E-state index in [1.54, 1.807) is 0 Å². The molecule has 0 saturated heterocycles. The molecule has 0 heterocycles. The maximum absolute atomic E-state index is 13.3. The monoisotopic (exact) mass is 255 g/mol. The van der Waals surface area contributed by atoms with Gasteiger partial charge in [-0.2, -0.15) is 0 Å². The molecule has 2 rings (SSSR count). The molecule has 0 unspecified atom stereocenters. The van der Waals surface area contributed by atoms with Crippen LogP contribution >= 0.6 is 0 Å². The Morgan fingerprint density at radius 1 is 1.44 bits per heavy atom. The molecule has 5 heteroatoms. The Kier molecular flexibility index (Phi) is 3.61. The summed E-state index contributed by atoms with van der Waals surface area (Å²) in [5, 5.41) is 3.02. The van der Waals surface area contributed by atoms with E-state index in [0.29, 0.717) is 12.1 Å². The fraction of sp³-hybridized carbons (Fsp3) is 0.462. The Bertz CT molecular complexity index is 458. The number of halogens is 2. The van der Waals surface area contributed by atoms with Gasteiger partial charge >= 0.3 is 5.97 Å². The quantitative estimate of drug-likeness (QED) is 0.818. The molecule has 1 aliphatic rings. The van der Waals surface area contributed by atoms with Crippen LogP contribution in [-0.2, 0) is 16.1 Å². The third kappa shape index (κ3) is 2.67. The van der Waals surface area contributed by atoms with Crippen molar-refractivity contribution in [2.75, 3.05) is 13.7 Å². The molecule has 3 nitrogen and oxygen atoms in total. The van der Waals surface area contributed by atoms with Crippen LogP contribution in [0.3, 0.4) is 0 Å². The number of hydrogen-bond acceptors (Lipinski definition) is 3. The number of hydrogen-bond donors (Lipinski definition) is 1. The summed E-state index contributed by atoms with van der Waals surface area (Å²) in [5.41, 5.74) is -0.0531. The Labute approximate surface area is 104 Å². The molecule has 0 amide bonds. The first-order valence-electron chi connectivity index (χ1n) is 5.80. The lowest BCUT2D eigenvalue weighted by atomic mass is 10.1. The second kappa shape index (κ2) is 5.02. The molecule has 1 aromatic rings. The van der Waals surface area contributed by atoms with Crippen molar-refractivity contribution in [3.63, 3.8) is 0 Å². The van der Waals surface area contributed by atoms with Gasteiger partial charge in [-0.3, -0.25) is 4.79 Å². The molecule has 98 valence electrons. The van der Waals surface area contributed by atoms with Crippen LogP contribution in [0.4, 0.5) is 8.78 Å². The fourth-order valence-electron chi connectivity index (χ4n) is 1.92. The average molecular weight is 255 g/mol. The molecule has 0 atom stereocenters. The fourth-order valence-corrected chi connectivity index (χ4v) is 1.92. The Morgan fingerprint density at radius 3 is 2.72 bits per heavy atom. The molecular weight excluding hydrogens is 240 g/mol. The molecule has 0 aromatic heterocycles. The molecule has 1 fully saturated rings. The summed E-state index contributed by atoms with van der Waals surface area (Å²) in [4.78, 5) is 11.5. The topological polar surface area (TPSA) is 38.3 Å². The van der Waals surface area contributed by atoms with Gasteiger partial charge in [0.25, 0.3) is 0 Å². The van der Waals surface area contributed by atoms with Crippen LogP contribution in [0.25, 0.3) is 0 Å². The molecule has 0 spiro atoms. The second-order valence-electron chi connectivity index (χ2n) is 4.61. The standard InChI is InChI=1S/C13H15F2NO2/c1-18-12(17)13(4-5-13)8-16-7-9-2-3-10(14)6-11(9)15/h2-3,6,16H,4-5,7-8H2,1H3. The minimum absolute atomic E-state index is 0.227. The van der Waals surface area contributed by atoms with Crippen molar-refractivity contribution in [2.24, 2.45) is 5.41 Å². The normalized spacial score (nSPS) is 16.4. The van der Waals surface area contributed by atoms with E-state index < -0.39 is 17.0 Å². The van der Waals surface area contributed by atoms with Gasteiger partial charge in [0.05, 0.1) is 12.5 Å². The van der Waals surface area contributed by atoms with Gasteiger partial charge < -0.3 is 10.1 Å². The van der Waals surface area contributed by atoms with E-state index in [2.05, 4.69) is 5.32 Å². The van der Waals surface area contributed by atoms with Gasteiger partial charge in [0, 0.05) is 24.7 Å². The molecule has 1 aromatic carbocycles. The van der Waals surface area contributed by atoms with Gasteiger partial charge in [-0.1, -0.05) is 6.07 Å². The zero-order valence-corrected chi connectivity index (χ0v) is 10.1. The molecular formula is C13H15F2NO2. The van der Waals surface area contributed by atoms with Crippen molar-refractivity contribution in [3.8, 4) is 0 Å². The van der Waals surface area contributed by atoms with E-state index in [-0.39, 0.29) is 12.5 Å². The molecule has 1 saturated carbocycles. The minimum atomic E-state index is -0.593. The third-order valence-corrected chi connectivity index (χ3v) is 3.27. The van der Waals surface area contributed by atoms with E-state index in [1.807, 2.05) is 0 Å². The number of rotatable bonds is 5. The molecule has 0 aliphatic heterocycles. The van der Waals surface area contributed by atoms with Crippen molar-refractivity contribution in [3.05, 3.63) is 35.4 Å². The molecule has 1 N–H and O–H groups in total. The summed E-state index contributed by atoms with van der Waals surface area (Å²) in [5.74, 6) is -1.40. The minimum Gasteiger partial charge on any atom is -0.469 e. The van der Waals surface area contributed by atoms with E-state index in [4.69, 9.17) is 4.74 Å². The first-order valence-corrected chi connectivity index (χ1v) is 5.80. The van der Waals surface area contributed by atoms with E-state index in [9.17, 15) is 13.6 Å². The summed E-state index contributed by atoms with van der Waals surface area (Å²) in [6.07, 6.45) is 1.58. The number of ether oxygens (including phenoxy) is 1. The number of esters is 1. The number of methoxy groups -OCH3 is 1. The van der Waals surface area contributed by atoms with Crippen LogP contribution in [-0.4, -0.2) is 19.6 Å². The second-order valence-corrected chi connectivity index (χ2v) is 4.61. The first kappa shape index (κ1) is 13.0. The highest BCUT2D eigenvalue weighted by Crippen LogP contribution is 2.46. The largest absolute Gasteiger partial charge is 0.469 e. The number of nitrogens with one attached hydrogen (secondary N) is 1. The highest BCUT2D eigenvalue weighted by molar-refractivity contribution is 5.80. The predicted molar refractivity (Wildman–Crippen MR) is 61.7 cm³/mol. The SMILES string of the molecule is COC(=O)C1(CNCc2ccc(F)cc2F)CC1. The van der Waals surface area contributed by atoms with Crippen molar-refractivity contribution < 1.29 is 18.3 Å². The molecule has 18 heavy (non-hydrogen) atoms. The maximum Gasteiger partial charge on any atom is 0.313 e. The number of benzene rings is 1.